The Labute approximate surface area is 169 Å². The molecule has 0 aromatic rings. The SMILES string of the molecule is CC/C=C(C)/C=C(\C)[C@@H](O)[C@@H](C)[C@]12O[C@H]3[C@@H](C)[C@](CC)(O[C@@](O)([C@H]1C)[C@H]3C)O2. The summed E-state index contributed by atoms with van der Waals surface area (Å²) in [6.45, 7) is 16.0. The van der Waals surface area contributed by atoms with E-state index in [1.165, 1.54) is 0 Å². The molecule has 0 unspecified atom stereocenters. The van der Waals surface area contributed by atoms with E-state index in [2.05, 4.69) is 19.9 Å². The van der Waals surface area contributed by atoms with Crippen LogP contribution in [0.5, 0.6) is 0 Å². The summed E-state index contributed by atoms with van der Waals surface area (Å²) < 4.78 is 19.4. The molecule has 2 N–H and O–H groups in total. The Morgan fingerprint density at radius 3 is 2.32 bits per heavy atom. The van der Waals surface area contributed by atoms with E-state index >= 15 is 0 Å². The fourth-order valence-electron chi connectivity index (χ4n) is 5.67. The first-order valence-electron chi connectivity index (χ1n) is 10.8. The molecule has 4 fully saturated rings. The molecule has 0 aromatic carbocycles. The van der Waals surface area contributed by atoms with Crippen LogP contribution in [0.3, 0.4) is 0 Å². The molecule has 5 nitrogen and oxygen atoms in total. The maximum Gasteiger partial charge on any atom is 0.185 e. The van der Waals surface area contributed by atoms with Crippen molar-refractivity contribution in [3.05, 3.63) is 23.3 Å². The standard InChI is InChI=1S/C23H38O5/c1-9-11-13(3)12-14(4)19(24)15(5)23-18(8)22(25)17(7)20(26-23)16(6)21(10-2,27-22)28-23/h11-12,15-20,24-25H,9-10H2,1-8H3/b13-11+,14-12+/t15-,16-,17+,18-,19-,20+,21-,22-,23-/m1/s1. The Morgan fingerprint density at radius 1 is 1.11 bits per heavy atom. The second kappa shape index (κ2) is 7.21. The fraction of sp³-hybridized carbons (Fsp3) is 0.826. The van der Waals surface area contributed by atoms with Gasteiger partial charge in [-0.15, -0.1) is 0 Å². The van der Waals surface area contributed by atoms with Gasteiger partial charge in [-0.05, 0) is 32.3 Å². The highest BCUT2D eigenvalue weighted by Crippen LogP contribution is 2.64. The molecule has 0 saturated carbocycles. The monoisotopic (exact) mass is 394 g/mol. The first kappa shape index (κ1) is 22.0. The van der Waals surface area contributed by atoms with Crippen molar-refractivity contribution >= 4 is 0 Å². The van der Waals surface area contributed by atoms with Crippen LogP contribution in [0.25, 0.3) is 0 Å². The maximum absolute atomic E-state index is 11.5. The van der Waals surface area contributed by atoms with E-state index in [0.717, 1.165) is 17.6 Å². The van der Waals surface area contributed by atoms with E-state index in [4.69, 9.17) is 14.2 Å². The minimum atomic E-state index is -1.33. The van der Waals surface area contributed by atoms with Crippen LogP contribution in [0.2, 0.25) is 0 Å². The third kappa shape index (κ3) is 2.85. The number of hydrogen-bond donors (Lipinski definition) is 2. The number of hydrogen-bond acceptors (Lipinski definition) is 5. The summed E-state index contributed by atoms with van der Waals surface area (Å²) >= 11 is 0. The van der Waals surface area contributed by atoms with Gasteiger partial charge >= 0.3 is 0 Å². The van der Waals surface area contributed by atoms with Crippen molar-refractivity contribution in [3.63, 3.8) is 0 Å². The first-order chi connectivity index (χ1) is 13.0. The van der Waals surface area contributed by atoms with Gasteiger partial charge in [0.2, 0.25) is 0 Å². The Hall–Kier alpha value is -0.720. The molecule has 0 amide bonds. The minimum Gasteiger partial charge on any atom is -0.388 e. The Balaban J connectivity index is 2.00. The summed E-state index contributed by atoms with van der Waals surface area (Å²) in [6.07, 6.45) is 4.80. The maximum atomic E-state index is 11.5. The molecular formula is C23H38O5. The molecule has 0 aliphatic carbocycles. The highest BCUT2D eigenvalue weighted by Gasteiger charge is 2.76. The molecule has 4 bridgehead atoms. The van der Waals surface area contributed by atoms with Crippen molar-refractivity contribution in [1.82, 2.24) is 0 Å². The van der Waals surface area contributed by atoms with Crippen molar-refractivity contribution in [3.8, 4) is 0 Å². The van der Waals surface area contributed by atoms with Crippen LogP contribution in [0.1, 0.15) is 68.2 Å². The van der Waals surface area contributed by atoms with Crippen LogP contribution in [-0.4, -0.2) is 39.8 Å². The van der Waals surface area contributed by atoms with Gasteiger partial charge in [0.15, 0.2) is 17.4 Å². The molecule has 5 heteroatoms. The lowest BCUT2D eigenvalue weighted by molar-refractivity contribution is -0.593. The summed E-state index contributed by atoms with van der Waals surface area (Å²) in [5, 5.41) is 22.7. The second-order valence-corrected chi connectivity index (χ2v) is 9.20. The smallest absolute Gasteiger partial charge is 0.185 e. The van der Waals surface area contributed by atoms with Gasteiger partial charge in [-0.25, -0.2) is 0 Å². The molecular weight excluding hydrogens is 356 g/mol. The minimum absolute atomic E-state index is 0.00381. The molecule has 4 saturated heterocycles. The number of rotatable bonds is 6. The molecule has 4 aliphatic heterocycles. The van der Waals surface area contributed by atoms with Gasteiger partial charge in [0.1, 0.15) is 0 Å². The summed E-state index contributed by atoms with van der Waals surface area (Å²) in [4.78, 5) is 0. The Bertz CT molecular complexity index is 662. The Morgan fingerprint density at radius 2 is 1.75 bits per heavy atom. The number of aliphatic hydroxyl groups is 2. The zero-order chi connectivity index (χ0) is 21.1. The van der Waals surface area contributed by atoms with Crippen molar-refractivity contribution in [2.75, 3.05) is 0 Å². The molecule has 0 spiro atoms. The zero-order valence-electron chi connectivity index (χ0n) is 18.7. The van der Waals surface area contributed by atoms with Crippen LogP contribution >= 0.6 is 0 Å². The normalized spacial score (nSPS) is 48.1. The van der Waals surface area contributed by atoms with Gasteiger partial charge in [-0.1, -0.05) is 59.3 Å². The highest BCUT2D eigenvalue weighted by molar-refractivity contribution is 5.24. The molecule has 0 aromatic heterocycles. The quantitative estimate of drug-likeness (QED) is 0.663. The van der Waals surface area contributed by atoms with Gasteiger partial charge in [0.05, 0.1) is 18.1 Å². The van der Waals surface area contributed by atoms with Crippen LogP contribution in [0.15, 0.2) is 23.3 Å². The average Bonchev–Trinajstić information content (AvgIpc) is 2.65. The summed E-state index contributed by atoms with van der Waals surface area (Å²) in [6, 6.07) is 0. The van der Waals surface area contributed by atoms with Gasteiger partial charge in [0.25, 0.3) is 0 Å². The number of ether oxygens (including phenoxy) is 3. The molecule has 160 valence electrons. The lowest BCUT2D eigenvalue weighted by Crippen LogP contribution is -2.83. The molecule has 9 atom stereocenters. The highest BCUT2D eigenvalue weighted by atomic mass is 16.9. The van der Waals surface area contributed by atoms with E-state index in [9.17, 15) is 10.2 Å². The topological polar surface area (TPSA) is 68.2 Å². The third-order valence-electron chi connectivity index (χ3n) is 7.59. The summed E-state index contributed by atoms with van der Waals surface area (Å²) in [7, 11) is 0. The largest absolute Gasteiger partial charge is 0.388 e. The van der Waals surface area contributed by atoms with E-state index in [0.29, 0.717) is 6.42 Å². The molecule has 28 heavy (non-hydrogen) atoms. The molecule has 4 heterocycles. The van der Waals surface area contributed by atoms with E-state index in [1.807, 2.05) is 47.6 Å². The average molecular weight is 395 g/mol. The van der Waals surface area contributed by atoms with E-state index < -0.39 is 29.4 Å². The Kier molecular flexibility index (Phi) is 5.66. The second-order valence-electron chi connectivity index (χ2n) is 9.20. The van der Waals surface area contributed by atoms with Crippen molar-refractivity contribution in [2.24, 2.45) is 23.7 Å². The number of aliphatic hydroxyl groups excluding tert-OH is 1. The van der Waals surface area contributed by atoms with Gasteiger partial charge in [0, 0.05) is 17.8 Å². The molecule has 4 aliphatic rings. The van der Waals surface area contributed by atoms with Crippen molar-refractivity contribution < 1.29 is 24.4 Å². The van der Waals surface area contributed by atoms with E-state index in [-0.39, 0.29) is 23.9 Å². The summed E-state index contributed by atoms with van der Waals surface area (Å²) in [5.41, 5.74) is 1.99. The van der Waals surface area contributed by atoms with Crippen LogP contribution in [0.4, 0.5) is 0 Å². The predicted octanol–water partition coefficient (Wildman–Crippen LogP) is 4.14. The van der Waals surface area contributed by atoms with E-state index in [1.54, 1.807) is 0 Å². The van der Waals surface area contributed by atoms with Crippen LogP contribution in [0, 0.1) is 23.7 Å². The zero-order valence-corrected chi connectivity index (χ0v) is 18.7. The van der Waals surface area contributed by atoms with Crippen molar-refractivity contribution in [1.29, 1.82) is 0 Å². The third-order valence-corrected chi connectivity index (χ3v) is 7.59. The lowest BCUT2D eigenvalue weighted by Gasteiger charge is -2.72. The van der Waals surface area contributed by atoms with Crippen molar-refractivity contribution in [2.45, 2.75) is 97.8 Å². The van der Waals surface area contributed by atoms with Gasteiger partial charge < -0.3 is 24.4 Å². The van der Waals surface area contributed by atoms with Crippen LogP contribution in [-0.2, 0) is 14.2 Å². The summed E-state index contributed by atoms with van der Waals surface area (Å²) in [5.74, 6) is -4.26. The van der Waals surface area contributed by atoms with Crippen LogP contribution < -0.4 is 0 Å². The van der Waals surface area contributed by atoms with Gasteiger partial charge in [-0.2, -0.15) is 0 Å². The van der Waals surface area contributed by atoms with Gasteiger partial charge in [-0.3, -0.25) is 0 Å². The molecule has 4 rings (SSSR count). The first-order valence-corrected chi connectivity index (χ1v) is 10.8. The lowest BCUT2D eigenvalue weighted by atomic mass is 9.64. The fourth-order valence-corrected chi connectivity index (χ4v) is 5.67. The number of allylic oxidation sites excluding steroid dienone is 3. The predicted molar refractivity (Wildman–Crippen MR) is 108 cm³/mol. The molecule has 0 radical (unpaired) electrons.